The average molecular weight is 782 g/mol. The van der Waals surface area contributed by atoms with Gasteiger partial charge in [-0.1, -0.05) is 66.7 Å². The molecule has 0 aliphatic carbocycles. The Morgan fingerprint density at radius 2 is 0.632 bits per heavy atom. The summed E-state index contributed by atoms with van der Waals surface area (Å²) in [4.78, 5) is 1.82. The van der Waals surface area contributed by atoms with Gasteiger partial charge in [0.25, 0.3) is 0 Å². The highest BCUT2D eigenvalue weighted by molar-refractivity contribution is 6.26. The number of para-hydroxylation sites is 3. The standard InChI is InChI=1S/C44H21F10N3/c45-33-35(47)39(51)43(40(52)36(33)48)55(24-10-4-1-5-11-24)27-18-22-16-17-23-19-28(21-30-32(23)31(22)29(20-27)57(30)26-14-8-3-9-15-26)56(25-12-6-2-7-13-25)44-41(53)37(49)34(46)38(50)42(44)54/h1-21H. The highest BCUT2D eigenvalue weighted by atomic mass is 19.2. The van der Waals surface area contributed by atoms with E-state index in [0.29, 0.717) is 38.3 Å². The molecule has 3 nitrogen and oxygen atoms in total. The molecule has 1 aromatic heterocycles. The lowest BCUT2D eigenvalue weighted by Gasteiger charge is -2.27. The molecular formula is C44H21F10N3. The van der Waals surface area contributed by atoms with Crippen LogP contribution < -0.4 is 9.80 Å². The minimum atomic E-state index is -2.32. The number of halogens is 10. The minimum absolute atomic E-state index is 0.00691. The molecule has 0 atom stereocenters. The van der Waals surface area contributed by atoms with Crippen LogP contribution in [0.5, 0.6) is 0 Å². The van der Waals surface area contributed by atoms with Gasteiger partial charge in [0.2, 0.25) is 11.6 Å². The lowest BCUT2D eigenvalue weighted by molar-refractivity contribution is 0.380. The largest absolute Gasteiger partial charge is 0.309 e. The van der Waals surface area contributed by atoms with Gasteiger partial charge in [-0.05, 0) is 71.4 Å². The molecule has 9 rings (SSSR count). The molecule has 0 radical (unpaired) electrons. The molecule has 0 aliphatic heterocycles. The first-order chi connectivity index (χ1) is 27.5. The van der Waals surface area contributed by atoms with Crippen molar-refractivity contribution in [3.63, 3.8) is 0 Å². The second-order valence-corrected chi connectivity index (χ2v) is 13.0. The SMILES string of the molecule is Fc1c(F)c(F)c(N(c2ccccc2)c2cc3ccc4cc(N(c5ccccc5)c5c(F)c(F)c(F)c(F)c5F)cc5c4c3c(c2)n5-c2ccccc2)c(F)c1F. The molecule has 0 N–H and O–H groups in total. The van der Waals surface area contributed by atoms with Gasteiger partial charge >= 0.3 is 0 Å². The van der Waals surface area contributed by atoms with Gasteiger partial charge < -0.3 is 14.4 Å². The Balaban J connectivity index is 1.39. The number of anilines is 6. The predicted molar refractivity (Wildman–Crippen MR) is 198 cm³/mol. The summed E-state index contributed by atoms with van der Waals surface area (Å²) in [5, 5.41) is 2.09. The number of hydrogen-bond donors (Lipinski definition) is 0. The lowest BCUT2D eigenvalue weighted by atomic mass is 10.00. The third-order valence-corrected chi connectivity index (χ3v) is 9.82. The van der Waals surface area contributed by atoms with Crippen molar-refractivity contribution in [1.82, 2.24) is 4.57 Å². The van der Waals surface area contributed by atoms with Crippen LogP contribution in [0.1, 0.15) is 0 Å². The number of hydrogen-bond acceptors (Lipinski definition) is 2. The molecule has 0 saturated carbocycles. The summed E-state index contributed by atoms with van der Waals surface area (Å²) in [6, 6.07) is 32.9. The van der Waals surface area contributed by atoms with E-state index in [2.05, 4.69) is 0 Å². The van der Waals surface area contributed by atoms with E-state index in [4.69, 9.17) is 0 Å². The van der Waals surface area contributed by atoms with E-state index < -0.39 is 69.5 Å². The highest BCUT2D eigenvalue weighted by Gasteiger charge is 2.34. The van der Waals surface area contributed by atoms with Crippen LogP contribution in [0.2, 0.25) is 0 Å². The van der Waals surface area contributed by atoms with Crippen molar-refractivity contribution < 1.29 is 43.9 Å². The first-order valence-electron chi connectivity index (χ1n) is 17.1. The van der Waals surface area contributed by atoms with Crippen molar-refractivity contribution in [2.75, 3.05) is 9.80 Å². The molecule has 13 heteroatoms. The summed E-state index contributed by atoms with van der Waals surface area (Å²) in [5.74, 6) is -21.5. The molecule has 0 bridgehead atoms. The fourth-order valence-corrected chi connectivity index (χ4v) is 7.40. The van der Waals surface area contributed by atoms with E-state index in [1.165, 1.54) is 72.8 Å². The van der Waals surface area contributed by atoms with Crippen molar-refractivity contribution >= 4 is 66.7 Å². The maximum atomic E-state index is 15.7. The predicted octanol–water partition coefficient (Wildman–Crippen LogP) is 13.7. The molecule has 57 heavy (non-hydrogen) atoms. The summed E-state index contributed by atoms with van der Waals surface area (Å²) < 4.78 is 152. The first-order valence-corrected chi connectivity index (χ1v) is 17.1. The molecule has 8 aromatic carbocycles. The number of aromatic nitrogens is 1. The van der Waals surface area contributed by atoms with E-state index in [0.717, 1.165) is 9.80 Å². The lowest BCUT2D eigenvalue weighted by Crippen LogP contribution is -2.17. The van der Waals surface area contributed by atoms with Gasteiger partial charge in [-0.15, -0.1) is 0 Å². The summed E-state index contributed by atoms with van der Waals surface area (Å²) >= 11 is 0. The average Bonchev–Trinajstić information content (AvgIpc) is 3.58. The Labute approximate surface area is 315 Å². The fourth-order valence-electron chi connectivity index (χ4n) is 7.40. The van der Waals surface area contributed by atoms with Crippen molar-refractivity contribution in [2.45, 2.75) is 0 Å². The van der Waals surface area contributed by atoms with Gasteiger partial charge in [0.1, 0.15) is 11.4 Å². The Bertz CT molecular complexity index is 2780. The molecule has 282 valence electrons. The number of benzene rings is 8. The summed E-state index contributed by atoms with van der Waals surface area (Å²) in [6.07, 6.45) is 0. The maximum absolute atomic E-state index is 15.7. The van der Waals surface area contributed by atoms with Crippen LogP contribution >= 0.6 is 0 Å². The van der Waals surface area contributed by atoms with E-state index in [1.807, 2.05) is 0 Å². The highest BCUT2D eigenvalue weighted by Crippen LogP contribution is 2.48. The topological polar surface area (TPSA) is 11.4 Å². The summed E-state index contributed by atoms with van der Waals surface area (Å²) in [6.45, 7) is 0. The van der Waals surface area contributed by atoms with Crippen LogP contribution in [-0.4, -0.2) is 4.57 Å². The minimum Gasteiger partial charge on any atom is -0.309 e. The molecule has 1 heterocycles. The second kappa shape index (κ2) is 13.3. The quantitative estimate of drug-likeness (QED) is 0.0691. The monoisotopic (exact) mass is 781 g/mol. The molecule has 0 fully saturated rings. The van der Waals surface area contributed by atoms with Gasteiger partial charge in [-0.3, -0.25) is 0 Å². The maximum Gasteiger partial charge on any atom is 0.200 e. The van der Waals surface area contributed by atoms with Gasteiger partial charge in [-0.25, -0.2) is 43.9 Å². The van der Waals surface area contributed by atoms with E-state index in [-0.39, 0.29) is 22.7 Å². The number of rotatable bonds is 7. The van der Waals surface area contributed by atoms with E-state index >= 15 is 17.6 Å². The second-order valence-electron chi connectivity index (χ2n) is 13.0. The normalized spacial score (nSPS) is 11.7. The Kier molecular flexibility index (Phi) is 8.34. The molecular weight excluding hydrogens is 760 g/mol. The molecule has 0 spiro atoms. The third-order valence-electron chi connectivity index (χ3n) is 9.82. The number of nitrogens with zero attached hydrogens (tertiary/aromatic N) is 3. The Morgan fingerprint density at radius 1 is 0.316 bits per heavy atom. The van der Waals surface area contributed by atoms with E-state index in [1.54, 1.807) is 59.2 Å². The zero-order chi connectivity index (χ0) is 39.9. The molecule has 0 unspecified atom stereocenters. The van der Waals surface area contributed by atoms with Crippen LogP contribution in [-0.2, 0) is 0 Å². The molecule has 9 aromatic rings. The fraction of sp³-hybridized carbons (Fsp3) is 0. The van der Waals surface area contributed by atoms with Crippen molar-refractivity contribution in [2.24, 2.45) is 0 Å². The van der Waals surface area contributed by atoms with Crippen LogP contribution in [0.3, 0.4) is 0 Å². The van der Waals surface area contributed by atoms with E-state index in [9.17, 15) is 26.3 Å². The smallest absolute Gasteiger partial charge is 0.200 e. The first kappa shape index (κ1) is 35.7. The zero-order valence-corrected chi connectivity index (χ0v) is 28.7. The Hall–Kier alpha value is -7.02. The van der Waals surface area contributed by atoms with Gasteiger partial charge in [-0.2, -0.15) is 0 Å². The molecule has 0 saturated heterocycles. The third kappa shape index (κ3) is 5.36. The zero-order valence-electron chi connectivity index (χ0n) is 28.7. The molecule has 0 aliphatic rings. The summed E-state index contributed by atoms with van der Waals surface area (Å²) in [5.41, 5.74) is -1.10. The summed E-state index contributed by atoms with van der Waals surface area (Å²) in [7, 11) is 0. The van der Waals surface area contributed by atoms with Gasteiger partial charge in [0, 0.05) is 39.2 Å². The van der Waals surface area contributed by atoms with Gasteiger partial charge in [0.05, 0.1) is 11.0 Å². The van der Waals surface area contributed by atoms with Crippen molar-refractivity contribution in [1.29, 1.82) is 0 Å². The molecule has 0 amide bonds. The van der Waals surface area contributed by atoms with Crippen molar-refractivity contribution in [3.05, 3.63) is 186 Å². The Morgan fingerprint density at radius 3 is 0.982 bits per heavy atom. The van der Waals surface area contributed by atoms with Crippen LogP contribution in [0.15, 0.2) is 127 Å². The van der Waals surface area contributed by atoms with Crippen LogP contribution in [0.25, 0.3) is 38.3 Å². The van der Waals surface area contributed by atoms with Crippen LogP contribution in [0, 0.1) is 58.2 Å². The van der Waals surface area contributed by atoms with Crippen molar-refractivity contribution in [3.8, 4) is 5.69 Å². The van der Waals surface area contributed by atoms with Crippen LogP contribution in [0.4, 0.5) is 78.0 Å². The van der Waals surface area contributed by atoms with Gasteiger partial charge in [0.15, 0.2) is 46.5 Å².